The van der Waals surface area contributed by atoms with Gasteiger partial charge in [0.1, 0.15) is 5.78 Å². The van der Waals surface area contributed by atoms with Crippen LogP contribution in [0, 0.1) is 0 Å². The highest BCUT2D eigenvalue weighted by Crippen LogP contribution is 2.13. The number of ketones is 1. The van der Waals surface area contributed by atoms with Crippen molar-refractivity contribution in [3.63, 3.8) is 0 Å². The van der Waals surface area contributed by atoms with Crippen molar-refractivity contribution in [1.82, 2.24) is 10.2 Å². The summed E-state index contributed by atoms with van der Waals surface area (Å²) in [7, 11) is 2.15. The fraction of sp³-hybridized carbons (Fsp3) is 0.889. The van der Waals surface area contributed by atoms with Gasteiger partial charge < -0.3 is 10.2 Å². The minimum absolute atomic E-state index is 0.218. The third-order valence-corrected chi connectivity index (χ3v) is 2.43. The van der Waals surface area contributed by atoms with E-state index in [0.29, 0.717) is 12.6 Å². The fourth-order valence-corrected chi connectivity index (χ4v) is 1.65. The van der Waals surface area contributed by atoms with Gasteiger partial charge in [0.25, 0.3) is 0 Å². The molecule has 1 atom stereocenters. The van der Waals surface area contributed by atoms with Crippen LogP contribution in [-0.2, 0) is 4.79 Å². The van der Waals surface area contributed by atoms with E-state index in [4.69, 9.17) is 0 Å². The summed E-state index contributed by atoms with van der Waals surface area (Å²) in [6, 6.07) is 0.643. The summed E-state index contributed by atoms with van der Waals surface area (Å²) >= 11 is 0. The van der Waals surface area contributed by atoms with E-state index in [1.807, 2.05) is 0 Å². The zero-order chi connectivity index (χ0) is 8.97. The summed E-state index contributed by atoms with van der Waals surface area (Å²) < 4.78 is 0. The van der Waals surface area contributed by atoms with E-state index in [9.17, 15) is 4.79 Å². The van der Waals surface area contributed by atoms with Crippen molar-refractivity contribution >= 4 is 5.78 Å². The molecule has 0 aliphatic carbocycles. The lowest BCUT2D eigenvalue weighted by molar-refractivity contribution is -0.116. The van der Waals surface area contributed by atoms with Crippen LogP contribution in [0.5, 0.6) is 0 Å². The van der Waals surface area contributed by atoms with Crippen molar-refractivity contribution in [2.45, 2.75) is 25.8 Å². The summed E-state index contributed by atoms with van der Waals surface area (Å²) in [5.74, 6) is 0.218. The first-order chi connectivity index (χ1) is 5.70. The van der Waals surface area contributed by atoms with Crippen LogP contribution < -0.4 is 5.32 Å². The second-order valence-corrected chi connectivity index (χ2v) is 3.61. The lowest BCUT2D eigenvalue weighted by atomic mass is 10.2. The van der Waals surface area contributed by atoms with Crippen molar-refractivity contribution in [2.24, 2.45) is 0 Å². The van der Waals surface area contributed by atoms with Crippen LogP contribution in [0.15, 0.2) is 0 Å². The van der Waals surface area contributed by atoms with Crippen LogP contribution in [0.1, 0.15) is 19.8 Å². The Kier molecular flexibility index (Phi) is 3.69. The molecular weight excluding hydrogens is 152 g/mol. The molecule has 0 unspecified atom stereocenters. The maximum absolute atomic E-state index is 10.6. The Morgan fingerprint density at radius 1 is 1.67 bits per heavy atom. The Balaban J connectivity index is 2.10. The number of nitrogens with zero attached hydrogens (tertiary/aromatic N) is 1. The molecule has 0 radical (unpaired) electrons. The molecule has 12 heavy (non-hydrogen) atoms. The highest BCUT2D eigenvalue weighted by atomic mass is 16.1. The van der Waals surface area contributed by atoms with Gasteiger partial charge >= 0.3 is 0 Å². The maximum Gasteiger partial charge on any atom is 0.143 e. The molecule has 1 fully saturated rings. The average Bonchev–Trinajstić information content (AvgIpc) is 2.36. The Bertz CT molecular complexity index is 159. The van der Waals surface area contributed by atoms with Gasteiger partial charge in [-0.05, 0) is 33.4 Å². The SMILES string of the molecule is CC(=O)CNC[C@H]1CCCN1C. The molecule has 0 spiro atoms. The number of carbonyl (C=O) groups is 1. The predicted octanol–water partition coefficient (Wildman–Crippen LogP) is 0.259. The first kappa shape index (κ1) is 9.68. The molecule has 1 heterocycles. The molecule has 1 rings (SSSR count). The van der Waals surface area contributed by atoms with E-state index in [1.54, 1.807) is 6.92 Å². The molecule has 0 aromatic heterocycles. The Morgan fingerprint density at radius 2 is 2.42 bits per heavy atom. The topological polar surface area (TPSA) is 32.3 Å². The zero-order valence-electron chi connectivity index (χ0n) is 7.97. The Morgan fingerprint density at radius 3 is 2.92 bits per heavy atom. The molecule has 1 aliphatic rings. The molecule has 1 N–H and O–H groups in total. The smallest absolute Gasteiger partial charge is 0.143 e. The first-order valence-electron chi connectivity index (χ1n) is 4.60. The van der Waals surface area contributed by atoms with Crippen LogP contribution in [-0.4, -0.2) is 43.4 Å². The summed E-state index contributed by atoms with van der Waals surface area (Å²) in [4.78, 5) is 13.0. The molecule has 0 aromatic rings. The molecular formula is C9H18N2O. The lowest BCUT2D eigenvalue weighted by Gasteiger charge is -2.19. The number of Topliss-reactive ketones (excluding diaryl/α,β-unsaturated/α-hetero) is 1. The van der Waals surface area contributed by atoms with E-state index >= 15 is 0 Å². The van der Waals surface area contributed by atoms with Crippen LogP contribution in [0.4, 0.5) is 0 Å². The van der Waals surface area contributed by atoms with Crippen LogP contribution in [0.3, 0.4) is 0 Å². The molecule has 0 aromatic carbocycles. The number of hydrogen-bond donors (Lipinski definition) is 1. The number of nitrogens with one attached hydrogen (secondary N) is 1. The monoisotopic (exact) mass is 170 g/mol. The zero-order valence-corrected chi connectivity index (χ0v) is 7.97. The van der Waals surface area contributed by atoms with E-state index in [0.717, 1.165) is 6.54 Å². The number of likely N-dealkylation sites (tertiary alicyclic amines) is 1. The average molecular weight is 170 g/mol. The molecule has 3 nitrogen and oxygen atoms in total. The normalized spacial score (nSPS) is 24.7. The van der Waals surface area contributed by atoms with Crippen LogP contribution in [0.25, 0.3) is 0 Å². The van der Waals surface area contributed by atoms with Gasteiger partial charge in [0, 0.05) is 12.6 Å². The van der Waals surface area contributed by atoms with Crippen molar-refractivity contribution < 1.29 is 4.79 Å². The number of hydrogen-bond acceptors (Lipinski definition) is 3. The first-order valence-corrected chi connectivity index (χ1v) is 4.60. The van der Waals surface area contributed by atoms with Crippen molar-refractivity contribution in [2.75, 3.05) is 26.7 Å². The minimum Gasteiger partial charge on any atom is -0.308 e. The van der Waals surface area contributed by atoms with Crippen LogP contribution in [0.2, 0.25) is 0 Å². The van der Waals surface area contributed by atoms with Gasteiger partial charge in [-0.3, -0.25) is 4.79 Å². The van der Waals surface area contributed by atoms with Gasteiger partial charge in [-0.25, -0.2) is 0 Å². The van der Waals surface area contributed by atoms with E-state index in [1.165, 1.54) is 19.4 Å². The molecule has 70 valence electrons. The molecule has 1 aliphatic heterocycles. The van der Waals surface area contributed by atoms with Crippen LogP contribution >= 0.6 is 0 Å². The van der Waals surface area contributed by atoms with Gasteiger partial charge in [0.2, 0.25) is 0 Å². The summed E-state index contributed by atoms with van der Waals surface area (Å²) in [5.41, 5.74) is 0. The van der Waals surface area contributed by atoms with Gasteiger partial charge in [0.15, 0.2) is 0 Å². The second kappa shape index (κ2) is 4.58. The molecule has 0 bridgehead atoms. The van der Waals surface area contributed by atoms with Gasteiger partial charge in [-0.15, -0.1) is 0 Å². The Labute approximate surface area is 74.1 Å². The maximum atomic E-state index is 10.6. The highest BCUT2D eigenvalue weighted by Gasteiger charge is 2.19. The summed E-state index contributed by atoms with van der Waals surface area (Å²) in [5, 5.41) is 3.17. The molecule has 0 amide bonds. The molecule has 3 heteroatoms. The number of likely N-dealkylation sites (N-methyl/N-ethyl adjacent to an activating group) is 1. The lowest BCUT2D eigenvalue weighted by Crippen LogP contribution is -2.37. The van der Waals surface area contributed by atoms with Crippen molar-refractivity contribution in [3.8, 4) is 0 Å². The largest absolute Gasteiger partial charge is 0.308 e. The van der Waals surface area contributed by atoms with Gasteiger partial charge in [0.05, 0.1) is 6.54 Å². The van der Waals surface area contributed by atoms with E-state index < -0.39 is 0 Å². The molecule has 0 saturated carbocycles. The molecule has 1 saturated heterocycles. The van der Waals surface area contributed by atoms with Crippen molar-refractivity contribution in [3.05, 3.63) is 0 Å². The third kappa shape index (κ3) is 2.91. The predicted molar refractivity (Wildman–Crippen MR) is 49.2 cm³/mol. The van der Waals surface area contributed by atoms with Gasteiger partial charge in [-0.1, -0.05) is 0 Å². The summed E-state index contributed by atoms with van der Waals surface area (Å²) in [6.45, 7) is 4.29. The minimum atomic E-state index is 0.218. The Hall–Kier alpha value is -0.410. The van der Waals surface area contributed by atoms with E-state index in [-0.39, 0.29) is 5.78 Å². The number of carbonyl (C=O) groups excluding carboxylic acids is 1. The third-order valence-electron chi connectivity index (χ3n) is 2.43. The highest BCUT2D eigenvalue weighted by molar-refractivity contribution is 5.77. The fourth-order valence-electron chi connectivity index (χ4n) is 1.65. The summed E-state index contributed by atoms with van der Waals surface area (Å²) in [6.07, 6.45) is 2.56. The van der Waals surface area contributed by atoms with Crippen molar-refractivity contribution in [1.29, 1.82) is 0 Å². The number of rotatable bonds is 4. The standard InChI is InChI=1S/C9H18N2O/c1-8(12)6-10-7-9-4-3-5-11(9)2/h9-10H,3-7H2,1-2H3/t9-/m1/s1. The van der Waals surface area contributed by atoms with Gasteiger partial charge in [-0.2, -0.15) is 0 Å². The van der Waals surface area contributed by atoms with E-state index in [2.05, 4.69) is 17.3 Å². The second-order valence-electron chi connectivity index (χ2n) is 3.61. The quantitative estimate of drug-likeness (QED) is 0.657.